The van der Waals surface area contributed by atoms with E-state index in [-0.39, 0.29) is 5.91 Å². The summed E-state index contributed by atoms with van der Waals surface area (Å²) in [5, 5.41) is 11.7. The fourth-order valence-corrected chi connectivity index (χ4v) is 1.99. The lowest BCUT2D eigenvalue weighted by atomic mass is 9.84. The van der Waals surface area contributed by atoms with Gasteiger partial charge in [0.25, 0.3) is 0 Å². The van der Waals surface area contributed by atoms with Gasteiger partial charge in [-0.2, -0.15) is 0 Å². The monoisotopic (exact) mass is 214 g/mol. The van der Waals surface area contributed by atoms with Crippen molar-refractivity contribution in [2.75, 3.05) is 26.7 Å². The highest BCUT2D eigenvalue weighted by Crippen LogP contribution is 2.33. The van der Waals surface area contributed by atoms with Gasteiger partial charge in [-0.05, 0) is 19.4 Å². The number of likely N-dealkylation sites (N-methyl/N-ethyl adjacent to an activating group) is 1. The largest absolute Gasteiger partial charge is 0.481 e. The van der Waals surface area contributed by atoms with Crippen LogP contribution < -0.4 is 5.32 Å². The molecule has 0 spiro atoms. The number of carbonyl (C=O) groups is 2. The van der Waals surface area contributed by atoms with Gasteiger partial charge in [-0.15, -0.1) is 0 Å². The zero-order valence-corrected chi connectivity index (χ0v) is 9.25. The predicted molar refractivity (Wildman–Crippen MR) is 55.5 cm³/mol. The first-order valence-electron chi connectivity index (χ1n) is 5.20. The molecule has 0 bridgehead atoms. The first-order chi connectivity index (χ1) is 7.04. The molecule has 1 aliphatic heterocycles. The number of carboxylic acid groups (broad SMARTS) is 1. The molecule has 1 atom stereocenters. The number of hydrogen-bond acceptors (Lipinski definition) is 3. The molecule has 0 saturated carbocycles. The van der Waals surface area contributed by atoms with Gasteiger partial charge in [0, 0.05) is 13.6 Å². The first kappa shape index (κ1) is 12.0. The molecule has 0 aromatic carbocycles. The lowest BCUT2D eigenvalue weighted by Gasteiger charge is -2.22. The minimum atomic E-state index is -0.746. The van der Waals surface area contributed by atoms with Crippen molar-refractivity contribution in [1.29, 1.82) is 0 Å². The SMILES string of the molecule is CCC1(C(=O)O)CCN(CC(=O)NC)C1. The number of aliphatic carboxylic acids is 1. The molecule has 1 heterocycles. The van der Waals surface area contributed by atoms with Crippen LogP contribution >= 0.6 is 0 Å². The summed E-state index contributed by atoms with van der Waals surface area (Å²) in [4.78, 5) is 24.2. The van der Waals surface area contributed by atoms with Gasteiger partial charge in [-0.3, -0.25) is 14.5 Å². The highest BCUT2D eigenvalue weighted by Gasteiger charge is 2.43. The summed E-state index contributed by atoms with van der Waals surface area (Å²) >= 11 is 0. The van der Waals surface area contributed by atoms with Crippen LogP contribution in [-0.4, -0.2) is 48.6 Å². The van der Waals surface area contributed by atoms with Crippen molar-refractivity contribution < 1.29 is 14.7 Å². The molecule has 1 aliphatic rings. The van der Waals surface area contributed by atoms with Gasteiger partial charge in [-0.25, -0.2) is 0 Å². The molecule has 1 rings (SSSR count). The van der Waals surface area contributed by atoms with Crippen LogP contribution in [0.1, 0.15) is 19.8 Å². The summed E-state index contributed by atoms with van der Waals surface area (Å²) in [6.07, 6.45) is 1.25. The second-order valence-electron chi connectivity index (χ2n) is 4.07. The third-order valence-corrected chi connectivity index (χ3v) is 3.21. The fourth-order valence-electron chi connectivity index (χ4n) is 1.99. The van der Waals surface area contributed by atoms with Gasteiger partial charge in [0.2, 0.25) is 5.91 Å². The Morgan fingerprint density at radius 1 is 1.53 bits per heavy atom. The number of nitrogens with zero attached hydrogens (tertiary/aromatic N) is 1. The summed E-state index contributed by atoms with van der Waals surface area (Å²) in [6.45, 7) is 3.35. The molecular weight excluding hydrogens is 196 g/mol. The van der Waals surface area contributed by atoms with Crippen molar-refractivity contribution in [2.24, 2.45) is 5.41 Å². The Bertz CT molecular complexity index is 267. The van der Waals surface area contributed by atoms with Crippen LogP contribution in [0.15, 0.2) is 0 Å². The lowest BCUT2D eigenvalue weighted by Crippen LogP contribution is -2.38. The number of amides is 1. The summed E-state index contributed by atoms with van der Waals surface area (Å²) in [5.41, 5.74) is -0.645. The lowest BCUT2D eigenvalue weighted by molar-refractivity contribution is -0.148. The molecule has 15 heavy (non-hydrogen) atoms. The molecule has 0 aliphatic carbocycles. The van der Waals surface area contributed by atoms with Gasteiger partial charge in [0.1, 0.15) is 0 Å². The van der Waals surface area contributed by atoms with Crippen LogP contribution in [0.25, 0.3) is 0 Å². The summed E-state index contributed by atoms with van der Waals surface area (Å²) in [7, 11) is 1.59. The van der Waals surface area contributed by atoms with Crippen LogP contribution in [0.5, 0.6) is 0 Å². The van der Waals surface area contributed by atoms with E-state index in [0.717, 1.165) is 0 Å². The van der Waals surface area contributed by atoms with Crippen LogP contribution in [0.4, 0.5) is 0 Å². The molecule has 2 N–H and O–H groups in total. The Balaban J connectivity index is 2.57. The van der Waals surface area contributed by atoms with Crippen molar-refractivity contribution >= 4 is 11.9 Å². The van der Waals surface area contributed by atoms with E-state index in [4.69, 9.17) is 5.11 Å². The zero-order valence-electron chi connectivity index (χ0n) is 9.25. The van der Waals surface area contributed by atoms with E-state index in [0.29, 0.717) is 32.5 Å². The number of likely N-dealkylation sites (tertiary alicyclic amines) is 1. The standard InChI is InChI=1S/C10H18N2O3/c1-3-10(9(14)15)4-5-12(7-10)6-8(13)11-2/h3-7H2,1-2H3,(H,11,13)(H,14,15). The molecular formula is C10H18N2O3. The number of carboxylic acids is 1. The fraction of sp³-hybridized carbons (Fsp3) is 0.800. The molecule has 1 unspecified atom stereocenters. The van der Waals surface area contributed by atoms with Gasteiger partial charge >= 0.3 is 5.97 Å². The van der Waals surface area contributed by atoms with Crippen molar-refractivity contribution in [3.63, 3.8) is 0 Å². The maximum atomic E-state index is 11.1. The van der Waals surface area contributed by atoms with E-state index in [1.807, 2.05) is 11.8 Å². The van der Waals surface area contributed by atoms with E-state index in [1.54, 1.807) is 7.05 Å². The molecule has 1 amide bonds. The summed E-state index contributed by atoms with van der Waals surface area (Å²) in [5.74, 6) is -0.809. The third-order valence-electron chi connectivity index (χ3n) is 3.21. The highest BCUT2D eigenvalue weighted by atomic mass is 16.4. The average molecular weight is 214 g/mol. The van der Waals surface area contributed by atoms with Crippen molar-refractivity contribution in [1.82, 2.24) is 10.2 Å². The summed E-state index contributed by atoms with van der Waals surface area (Å²) < 4.78 is 0. The molecule has 5 heteroatoms. The van der Waals surface area contributed by atoms with E-state index in [1.165, 1.54) is 0 Å². The Labute approximate surface area is 89.4 Å². The number of hydrogen-bond donors (Lipinski definition) is 2. The molecule has 0 aromatic rings. The predicted octanol–water partition coefficient (Wildman–Crippen LogP) is -0.0809. The molecule has 5 nitrogen and oxygen atoms in total. The molecule has 1 fully saturated rings. The van der Waals surface area contributed by atoms with Crippen molar-refractivity contribution in [2.45, 2.75) is 19.8 Å². The minimum Gasteiger partial charge on any atom is -0.481 e. The smallest absolute Gasteiger partial charge is 0.310 e. The maximum Gasteiger partial charge on any atom is 0.310 e. The van der Waals surface area contributed by atoms with Crippen LogP contribution in [-0.2, 0) is 9.59 Å². The Hall–Kier alpha value is -1.10. The first-order valence-corrected chi connectivity index (χ1v) is 5.20. The van der Waals surface area contributed by atoms with Crippen LogP contribution in [0.3, 0.4) is 0 Å². The molecule has 1 saturated heterocycles. The topological polar surface area (TPSA) is 69.6 Å². The van der Waals surface area contributed by atoms with Crippen molar-refractivity contribution in [3.8, 4) is 0 Å². The van der Waals surface area contributed by atoms with Gasteiger partial charge in [-0.1, -0.05) is 6.92 Å². The zero-order chi connectivity index (χ0) is 11.5. The summed E-state index contributed by atoms with van der Waals surface area (Å²) in [6, 6.07) is 0. The Morgan fingerprint density at radius 3 is 2.60 bits per heavy atom. The number of carbonyl (C=O) groups excluding carboxylic acids is 1. The normalized spacial score (nSPS) is 26.5. The molecule has 0 aromatic heterocycles. The average Bonchev–Trinajstić information content (AvgIpc) is 2.62. The van der Waals surface area contributed by atoms with Gasteiger partial charge in [0.15, 0.2) is 0 Å². The quantitative estimate of drug-likeness (QED) is 0.686. The number of nitrogens with one attached hydrogen (secondary N) is 1. The van der Waals surface area contributed by atoms with E-state index < -0.39 is 11.4 Å². The van der Waals surface area contributed by atoms with Gasteiger partial charge in [0.05, 0.1) is 12.0 Å². The highest BCUT2D eigenvalue weighted by molar-refractivity contribution is 5.78. The van der Waals surface area contributed by atoms with E-state index >= 15 is 0 Å². The number of rotatable bonds is 4. The maximum absolute atomic E-state index is 11.1. The third kappa shape index (κ3) is 2.47. The van der Waals surface area contributed by atoms with Crippen LogP contribution in [0.2, 0.25) is 0 Å². The van der Waals surface area contributed by atoms with E-state index in [2.05, 4.69) is 5.32 Å². The second-order valence-corrected chi connectivity index (χ2v) is 4.07. The molecule has 0 radical (unpaired) electrons. The van der Waals surface area contributed by atoms with Crippen molar-refractivity contribution in [3.05, 3.63) is 0 Å². The second kappa shape index (κ2) is 4.61. The molecule has 86 valence electrons. The van der Waals surface area contributed by atoms with Gasteiger partial charge < -0.3 is 10.4 Å². The van der Waals surface area contributed by atoms with E-state index in [9.17, 15) is 9.59 Å². The van der Waals surface area contributed by atoms with Crippen LogP contribution in [0, 0.1) is 5.41 Å². The minimum absolute atomic E-state index is 0.0627. The Morgan fingerprint density at radius 2 is 2.20 bits per heavy atom. The Kier molecular flexibility index (Phi) is 3.68.